The van der Waals surface area contributed by atoms with Crippen molar-refractivity contribution in [3.8, 4) is 0 Å². The molecule has 2 heterocycles. The maximum absolute atomic E-state index is 11.7. The fraction of sp³-hybridized carbons (Fsp3) is 0.727. The first-order chi connectivity index (χ1) is 9.76. The van der Waals surface area contributed by atoms with Gasteiger partial charge in [0.15, 0.2) is 11.0 Å². The molecule has 0 amide bonds. The lowest BCUT2D eigenvalue weighted by Crippen LogP contribution is -2.17. The topological polar surface area (TPSA) is 94.3 Å². The van der Waals surface area contributed by atoms with Crippen LogP contribution in [0.2, 0.25) is 0 Å². The average Bonchev–Trinajstić information content (AvgIpc) is 3.02. The summed E-state index contributed by atoms with van der Waals surface area (Å²) in [5.74, 6) is 1.40. The molecule has 20 heavy (non-hydrogen) atoms. The number of hydrogen-bond acceptors (Lipinski definition) is 6. The summed E-state index contributed by atoms with van der Waals surface area (Å²) in [6.07, 6.45) is 2.98. The van der Waals surface area contributed by atoms with Gasteiger partial charge in [-0.05, 0) is 23.3 Å². The largest absolute Gasteiger partial charge is 0.343 e. The van der Waals surface area contributed by atoms with Gasteiger partial charge in [0.05, 0.1) is 5.75 Å². The smallest absolute Gasteiger partial charge is 0.270 e. The standard InChI is InChI=1S/C11H19N7OS/c1-3-5-7-17-10(19)13-14-11(17)20-8-9-12-15-16-18(9)6-4-2/h3-8H2,1-2H3,(H,13,19). The Morgan fingerprint density at radius 3 is 2.85 bits per heavy atom. The van der Waals surface area contributed by atoms with E-state index < -0.39 is 0 Å². The van der Waals surface area contributed by atoms with Crippen LogP contribution in [0.25, 0.3) is 0 Å². The summed E-state index contributed by atoms with van der Waals surface area (Å²) in [5, 5.41) is 18.9. The zero-order valence-corrected chi connectivity index (χ0v) is 12.6. The van der Waals surface area contributed by atoms with Crippen LogP contribution >= 0.6 is 11.8 Å². The lowest BCUT2D eigenvalue weighted by atomic mass is 10.3. The van der Waals surface area contributed by atoms with Gasteiger partial charge in [-0.15, -0.1) is 10.2 Å². The van der Waals surface area contributed by atoms with Gasteiger partial charge in [0.1, 0.15) is 0 Å². The molecule has 9 heteroatoms. The predicted octanol–water partition coefficient (Wildman–Crippen LogP) is 1.06. The number of hydrogen-bond donors (Lipinski definition) is 1. The van der Waals surface area contributed by atoms with Crippen LogP contribution in [0.5, 0.6) is 0 Å². The van der Waals surface area contributed by atoms with Crippen molar-refractivity contribution in [1.82, 2.24) is 35.0 Å². The third-order valence-corrected chi connectivity index (χ3v) is 3.80. The van der Waals surface area contributed by atoms with Crippen LogP contribution in [0.3, 0.4) is 0 Å². The maximum atomic E-state index is 11.7. The van der Waals surface area contributed by atoms with Crippen molar-refractivity contribution in [3.63, 3.8) is 0 Å². The van der Waals surface area contributed by atoms with Gasteiger partial charge in [0, 0.05) is 13.1 Å². The van der Waals surface area contributed by atoms with E-state index in [2.05, 4.69) is 39.6 Å². The summed E-state index contributed by atoms with van der Waals surface area (Å²) in [6.45, 7) is 5.66. The average molecular weight is 297 g/mol. The van der Waals surface area contributed by atoms with Crippen molar-refractivity contribution in [2.75, 3.05) is 0 Å². The Morgan fingerprint density at radius 2 is 2.10 bits per heavy atom. The minimum absolute atomic E-state index is 0.158. The van der Waals surface area contributed by atoms with Gasteiger partial charge in [0.2, 0.25) is 0 Å². The lowest BCUT2D eigenvalue weighted by molar-refractivity contribution is 0.562. The monoisotopic (exact) mass is 297 g/mol. The zero-order chi connectivity index (χ0) is 14.4. The number of H-pyrrole nitrogens is 1. The number of unbranched alkanes of at least 4 members (excludes halogenated alkanes) is 1. The Bertz CT molecular complexity index is 588. The second-order valence-corrected chi connectivity index (χ2v) is 5.37. The molecule has 2 aromatic rings. The Hall–Kier alpha value is -1.64. The van der Waals surface area contributed by atoms with Gasteiger partial charge in [-0.1, -0.05) is 32.0 Å². The Morgan fingerprint density at radius 1 is 1.25 bits per heavy atom. The number of thioether (sulfide) groups is 1. The highest BCUT2D eigenvalue weighted by Crippen LogP contribution is 2.18. The molecular weight excluding hydrogens is 278 g/mol. The van der Waals surface area contributed by atoms with Crippen molar-refractivity contribution in [1.29, 1.82) is 0 Å². The molecule has 0 bridgehead atoms. The molecule has 0 aliphatic heterocycles. The van der Waals surface area contributed by atoms with Gasteiger partial charge in [-0.3, -0.25) is 4.57 Å². The van der Waals surface area contributed by atoms with Crippen LogP contribution in [0.15, 0.2) is 9.95 Å². The summed E-state index contributed by atoms with van der Waals surface area (Å²) in [7, 11) is 0. The third kappa shape index (κ3) is 3.47. The van der Waals surface area contributed by atoms with Crippen molar-refractivity contribution >= 4 is 11.8 Å². The van der Waals surface area contributed by atoms with E-state index in [1.54, 1.807) is 9.25 Å². The fourth-order valence-electron chi connectivity index (χ4n) is 1.77. The molecule has 0 saturated carbocycles. The van der Waals surface area contributed by atoms with E-state index >= 15 is 0 Å². The van der Waals surface area contributed by atoms with Gasteiger partial charge >= 0.3 is 5.69 Å². The van der Waals surface area contributed by atoms with E-state index in [1.807, 2.05) is 0 Å². The third-order valence-electron chi connectivity index (χ3n) is 2.83. The Balaban J connectivity index is 2.03. The molecule has 2 rings (SSSR count). The molecule has 8 nitrogen and oxygen atoms in total. The van der Waals surface area contributed by atoms with Gasteiger partial charge in [0.25, 0.3) is 0 Å². The Labute approximate surface area is 121 Å². The normalized spacial score (nSPS) is 11.1. The molecule has 0 atom stereocenters. The summed E-state index contributed by atoms with van der Waals surface area (Å²) in [6, 6.07) is 0. The molecular formula is C11H19N7OS. The second kappa shape index (κ2) is 7.22. The quantitative estimate of drug-likeness (QED) is 0.732. The number of nitrogens with zero attached hydrogens (tertiary/aromatic N) is 6. The van der Waals surface area contributed by atoms with E-state index in [9.17, 15) is 4.79 Å². The number of rotatable bonds is 8. The highest BCUT2D eigenvalue weighted by Gasteiger charge is 2.11. The van der Waals surface area contributed by atoms with Crippen molar-refractivity contribution in [2.45, 2.75) is 57.1 Å². The minimum Gasteiger partial charge on any atom is -0.270 e. The van der Waals surface area contributed by atoms with E-state index in [4.69, 9.17) is 0 Å². The minimum atomic E-state index is -0.158. The number of aromatic nitrogens is 7. The lowest BCUT2D eigenvalue weighted by Gasteiger charge is -2.04. The first-order valence-corrected chi connectivity index (χ1v) is 7.77. The summed E-state index contributed by atoms with van der Waals surface area (Å²) in [5.41, 5.74) is -0.158. The SMILES string of the molecule is CCCCn1c(SCc2nnnn2CCC)n[nH]c1=O. The number of nitrogens with one attached hydrogen (secondary N) is 1. The summed E-state index contributed by atoms with van der Waals surface area (Å²) >= 11 is 1.47. The predicted molar refractivity (Wildman–Crippen MR) is 75.4 cm³/mol. The van der Waals surface area contributed by atoms with Crippen molar-refractivity contribution in [2.24, 2.45) is 0 Å². The van der Waals surface area contributed by atoms with Crippen LogP contribution < -0.4 is 5.69 Å². The zero-order valence-electron chi connectivity index (χ0n) is 11.7. The van der Waals surface area contributed by atoms with E-state index in [1.165, 1.54) is 11.8 Å². The van der Waals surface area contributed by atoms with Crippen LogP contribution in [0.1, 0.15) is 38.9 Å². The van der Waals surface area contributed by atoms with Gasteiger partial charge < -0.3 is 0 Å². The fourth-order valence-corrected chi connectivity index (χ4v) is 2.67. The highest BCUT2D eigenvalue weighted by atomic mass is 32.2. The molecule has 0 saturated heterocycles. The second-order valence-electron chi connectivity index (χ2n) is 4.42. The molecule has 110 valence electrons. The Kier molecular flexibility index (Phi) is 5.33. The van der Waals surface area contributed by atoms with Crippen LogP contribution in [-0.4, -0.2) is 35.0 Å². The molecule has 0 fully saturated rings. The van der Waals surface area contributed by atoms with Crippen LogP contribution in [-0.2, 0) is 18.8 Å². The molecule has 0 aromatic carbocycles. The molecule has 2 aromatic heterocycles. The van der Waals surface area contributed by atoms with Crippen molar-refractivity contribution < 1.29 is 0 Å². The van der Waals surface area contributed by atoms with E-state index in [0.29, 0.717) is 17.5 Å². The number of tetrazole rings is 1. The number of aromatic amines is 1. The highest BCUT2D eigenvalue weighted by molar-refractivity contribution is 7.98. The first-order valence-electron chi connectivity index (χ1n) is 6.79. The molecule has 0 spiro atoms. The number of aryl methyl sites for hydroxylation is 1. The molecule has 1 N–H and O–H groups in total. The van der Waals surface area contributed by atoms with Crippen molar-refractivity contribution in [3.05, 3.63) is 16.3 Å². The van der Waals surface area contributed by atoms with Crippen LogP contribution in [0.4, 0.5) is 0 Å². The maximum Gasteiger partial charge on any atom is 0.343 e. The molecule has 0 unspecified atom stereocenters. The van der Waals surface area contributed by atoms with Gasteiger partial charge in [-0.2, -0.15) is 0 Å². The molecule has 0 aliphatic rings. The van der Waals surface area contributed by atoms with Gasteiger partial charge in [-0.25, -0.2) is 14.6 Å². The molecule has 0 radical (unpaired) electrons. The summed E-state index contributed by atoms with van der Waals surface area (Å²) in [4.78, 5) is 11.7. The first kappa shape index (κ1) is 14.8. The van der Waals surface area contributed by atoms with E-state index in [-0.39, 0.29) is 5.69 Å². The van der Waals surface area contributed by atoms with E-state index in [0.717, 1.165) is 31.6 Å². The van der Waals surface area contributed by atoms with Crippen LogP contribution in [0, 0.1) is 0 Å². The summed E-state index contributed by atoms with van der Waals surface area (Å²) < 4.78 is 3.45. The molecule has 0 aliphatic carbocycles.